The third kappa shape index (κ3) is 15.2. The average molecular weight is 991 g/mol. The molecule has 2 unspecified atom stereocenters. The van der Waals surface area contributed by atoms with Gasteiger partial charge in [0.15, 0.2) is 0 Å². The number of amides is 1. The number of nitrogens with one attached hydrogen (secondary N) is 1. The van der Waals surface area contributed by atoms with Gasteiger partial charge < -0.3 is 63.2 Å². The summed E-state index contributed by atoms with van der Waals surface area (Å²) in [5, 5.41) is 13.7. The van der Waals surface area contributed by atoms with Gasteiger partial charge in [0.2, 0.25) is 0 Å². The Morgan fingerprint density at radius 2 is 1.27 bits per heavy atom. The maximum absolute atomic E-state index is 12.4. The molecule has 6 fully saturated rings. The van der Waals surface area contributed by atoms with E-state index in [-0.39, 0.29) is 69.8 Å². The highest BCUT2D eigenvalue weighted by atomic mass is 35.5. The zero-order valence-electron chi connectivity index (χ0n) is 40.6. The van der Waals surface area contributed by atoms with Gasteiger partial charge in [-0.05, 0) is 63.5 Å². The summed E-state index contributed by atoms with van der Waals surface area (Å²) < 4.78 is 61.8. The topological polar surface area (TPSA) is 230 Å². The fourth-order valence-corrected chi connectivity index (χ4v) is 9.32. The van der Waals surface area contributed by atoms with Crippen molar-refractivity contribution in [1.29, 1.82) is 0 Å². The summed E-state index contributed by atoms with van der Waals surface area (Å²) in [6.07, 6.45) is 8.51. The quantitative estimate of drug-likeness (QED) is 0.0227. The molecule has 20 heteroatoms. The van der Waals surface area contributed by atoms with E-state index in [9.17, 15) is 19.7 Å². The van der Waals surface area contributed by atoms with Crippen LogP contribution in [0, 0.1) is 33.8 Å². The number of carbonyl (C=O) groups excluding carboxylic acids is 2. The number of nitro groups is 1. The summed E-state index contributed by atoms with van der Waals surface area (Å²) in [5.41, 5.74) is 3.55. The van der Waals surface area contributed by atoms with E-state index in [0.717, 1.165) is 19.3 Å². The van der Waals surface area contributed by atoms with Crippen molar-refractivity contribution in [3.63, 3.8) is 0 Å². The van der Waals surface area contributed by atoms with Crippen molar-refractivity contribution in [2.75, 3.05) is 73.3 Å². The predicted molar refractivity (Wildman–Crippen MR) is 251 cm³/mol. The summed E-state index contributed by atoms with van der Waals surface area (Å²) in [6.45, 7) is 16.2. The molecule has 3 N–H and O–H groups in total. The van der Waals surface area contributed by atoms with Gasteiger partial charge in [0.25, 0.3) is 5.69 Å². The highest BCUT2D eigenvalue weighted by molar-refractivity contribution is 6.40. The number of epoxide rings is 4. The van der Waals surface area contributed by atoms with Gasteiger partial charge in [0, 0.05) is 53.7 Å². The Balaban J connectivity index is 0.000000255. The number of ether oxygens (including phenoxy) is 11. The van der Waals surface area contributed by atoms with Gasteiger partial charge in [-0.3, -0.25) is 10.1 Å². The number of methoxy groups -OCH3 is 4. The van der Waals surface area contributed by atoms with E-state index in [0.29, 0.717) is 57.8 Å². The molecule has 2 saturated carbocycles. The van der Waals surface area contributed by atoms with E-state index in [1.54, 1.807) is 28.4 Å². The first-order valence-electron chi connectivity index (χ1n) is 22.8. The molecule has 6 aliphatic rings. The summed E-state index contributed by atoms with van der Waals surface area (Å²) in [7, 11) is 6.49. The molecular formula is C47H73Cl2N3O15. The Hall–Kier alpha value is -3.14. The van der Waals surface area contributed by atoms with Crippen molar-refractivity contribution < 1.29 is 66.6 Å². The average Bonchev–Trinajstić information content (AvgIpc) is 4.17. The molecule has 380 valence electrons. The number of nitrogens with zero attached hydrogens (tertiary/aromatic N) is 1. The van der Waals surface area contributed by atoms with Crippen LogP contribution in [0.3, 0.4) is 0 Å². The van der Waals surface area contributed by atoms with Crippen molar-refractivity contribution >= 4 is 41.1 Å². The van der Waals surface area contributed by atoms with Crippen LogP contribution in [0.15, 0.2) is 48.6 Å². The minimum Gasteiger partial charge on any atom is -0.443 e. The largest absolute Gasteiger partial charge is 0.514 e. The highest BCUT2D eigenvalue weighted by Gasteiger charge is 2.73. The van der Waals surface area contributed by atoms with E-state index in [4.69, 9.17) is 76.3 Å². The number of nitrogens with two attached hydrogens (primary N) is 1. The highest BCUT2D eigenvalue weighted by Crippen LogP contribution is 2.60. The normalized spacial score (nSPS) is 34.3. The Morgan fingerprint density at radius 3 is 1.63 bits per heavy atom. The summed E-state index contributed by atoms with van der Waals surface area (Å²) in [4.78, 5) is 34.8. The number of rotatable bonds is 17. The lowest BCUT2D eigenvalue weighted by atomic mass is 9.68. The molecule has 4 saturated heterocycles. The molecule has 0 aromatic heterocycles. The van der Waals surface area contributed by atoms with Crippen molar-refractivity contribution in [3.8, 4) is 5.75 Å². The van der Waals surface area contributed by atoms with Gasteiger partial charge >= 0.3 is 12.2 Å². The molecule has 0 radical (unpaired) electrons. The molecule has 4 aliphatic heterocycles. The fraction of sp³-hybridized carbons (Fsp3) is 0.745. The third-order valence-electron chi connectivity index (χ3n) is 12.8. The molecule has 18 nitrogen and oxygen atoms in total. The number of benzene rings is 1. The lowest BCUT2D eigenvalue weighted by Crippen LogP contribution is -2.56. The van der Waals surface area contributed by atoms with Crippen molar-refractivity contribution in [1.82, 2.24) is 5.32 Å². The fourth-order valence-electron chi connectivity index (χ4n) is 9.32. The van der Waals surface area contributed by atoms with Crippen LogP contribution in [-0.4, -0.2) is 149 Å². The third-order valence-corrected chi connectivity index (χ3v) is 12.8. The van der Waals surface area contributed by atoms with E-state index in [1.165, 1.54) is 24.3 Å². The zero-order chi connectivity index (χ0) is 49.6. The monoisotopic (exact) mass is 989 g/mol. The number of halogens is 2. The van der Waals surface area contributed by atoms with Crippen molar-refractivity contribution in [2.24, 2.45) is 29.4 Å². The van der Waals surface area contributed by atoms with Crippen LogP contribution in [-0.2, 0) is 47.4 Å². The minimum atomic E-state index is -0.879. The molecule has 0 bridgehead atoms. The standard InChI is InChI=1S/C23H29NO8.C20H33NO6.C3H9NO.CH2Cl2/c1-14(2)5-10-18-22(3,32-18)20-19(28-4)17(11-12-23(20)13-29-23)31-21(25)30-16-8-6-15(7-9-16)24(26)27;1-13(2)6-7-15-19(3,27-15)17-16(24-5)14(8-9-20(17)12-25-20)26-18(22)21-10-11-23-4;1-5-3-2-4;2-1-3/h5-10,14,17-20H,11-13H2,1-4H3;6-7,13-17H,8-12H2,1-5H3,(H,21,22);2-4H2,1H3;1H2/b10-5+;7-6+;;/t17-,18-,19-,20?,22-,23+;14-,15-,16-,17?,19-,20+;;/m11../s1. The number of alkyl halides is 2. The molecular weight excluding hydrogens is 917 g/mol. The Labute approximate surface area is 405 Å². The lowest BCUT2D eigenvalue weighted by Gasteiger charge is -2.42. The maximum atomic E-state index is 12.4. The molecule has 1 aromatic carbocycles. The van der Waals surface area contributed by atoms with Crippen LogP contribution in [0.25, 0.3) is 0 Å². The van der Waals surface area contributed by atoms with Crippen LogP contribution >= 0.6 is 23.2 Å². The second-order valence-corrected chi connectivity index (χ2v) is 19.2. The number of carbonyl (C=O) groups is 2. The Kier molecular flexibility index (Phi) is 21.6. The number of non-ortho nitro benzene ring substituents is 1. The van der Waals surface area contributed by atoms with E-state index >= 15 is 0 Å². The Morgan fingerprint density at radius 1 is 0.821 bits per heavy atom. The smallest absolute Gasteiger partial charge is 0.443 e. The molecule has 1 amide bonds. The van der Waals surface area contributed by atoms with Gasteiger partial charge in [0.1, 0.15) is 64.8 Å². The van der Waals surface area contributed by atoms with Crippen LogP contribution < -0.4 is 15.8 Å². The van der Waals surface area contributed by atoms with Crippen LogP contribution in [0.5, 0.6) is 5.75 Å². The van der Waals surface area contributed by atoms with Gasteiger partial charge in [-0.1, -0.05) is 52.0 Å². The molecule has 12 atom stereocenters. The number of hydrogen-bond acceptors (Lipinski definition) is 16. The van der Waals surface area contributed by atoms with Crippen LogP contribution in [0.2, 0.25) is 0 Å². The summed E-state index contributed by atoms with van der Waals surface area (Å²) >= 11 is 9.53. The van der Waals surface area contributed by atoms with Gasteiger partial charge in [-0.15, -0.1) is 23.2 Å². The summed E-state index contributed by atoms with van der Waals surface area (Å²) in [6, 6.07) is 5.24. The van der Waals surface area contributed by atoms with Gasteiger partial charge in [0.05, 0.1) is 48.5 Å². The predicted octanol–water partition coefficient (Wildman–Crippen LogP) is 7.35. The minimum absolute atomic E-state index is 0.0161. The first kappa shape index (κ1) is 56.4. The Bertz CT molecular complexity index is 1780. The lowest BCUT2D eigenvalue weighted by molar-refractivity contribution is -0.384. The van der Waals surface area contributed by atoms with Gasteiger partial charge in [-0.2, -0.15) is 0 Å². The zero-order valence-corrected chi connectivity index (χ0v) is 42.1. The number of allylic oxidation sites excluding steroid dienone is 2. The molecule has 1 aromatic rings. The number of nitro benzene ring substituents is 1. The second kappa shape index (κ2) is 25.6. The van der Waals surface area contributed by atoms with Crippen LogP contribution in [0.1, 0.15) is 67.2 Å². The van der Waals surface area contributed by atoms with E-state index in [2.05, 4.69) is 75.9 Å². The van der Waals surface area contributed by atoms with E-state index < -0.39 is 35.0 Å². The maximum Gasteiger partial charge on any atom is 0.514 e. The molecule has 4 heterocycles. The first-order valence-corrected chi connectivity index (χ1v) is 23.9. The van der Waals surface area contributed by atoms with Crippen molar-refractivity contribution in [3.05, 3.63) is 58.7 Å². The van der Waals surface area contributed by atoms with Gasteiger partial charge in [-0.25, -0.2) is 9.59 Å². The summed E-state index contributed by atoms with van der Waals surface area (Å²) in [5.74, 6) is 0.973. The first-order chi connectivity index (χ1) is 31.9. The van der Waals surface area contributed by atoms with Crippen molar-refractivity contribution in [2.45, 2.75) is 126 Å². The van der Waals surface area contributed by atoms with E-state index in [1.807, 2.05) is 0 Å². The molecule has 7 rings (SSSR count). The molecule has 2 spiro atoms. The second-order valence-electron chi connectivity index (χ2n) is 18.3. The number of alkyl carbamates (subject to hydrolysis) is 1. The SMILES string of the molecule is COCCN.COCCNC(=O)O[C@@H]1CC[C@]2(CO2)C([C@]2(C)O[C@@H]2/C=C/C(C)C)[C@@H]1OC.CO[C@H]1C([C@]2(C)O[C@@H]2/C=C/C(C)C)[C@]2(CC[C@H]1OC(=O)Oc1ccc([N+](=O)[O-])cc1)CO2.ClCCl. The number of hydrogen-bond donors (Lipinski definition) is 2. The van der Waals surface area contributed by atoms with Crippen LogP contribution in [0.4, 0.5) is 15.3 Å². The molecule has 67 heavy (non-hydrogen) atoms. The molecule has 2 aliphatic carbocycles.